The van der Waals surface area contributed by atoms with Gasteiger partial charge in [-0.3, -0.25) is 0 Å². The van der Waals surface area contributed by atoms with E-state index in [1.807, 2.05) is 0 Å². The van der Waals surface area contributed by atoms with Gasteiger partial charge in [-0.1, -0.05) is 0 Å². The standard InChI is InChI=1S/C13H18N2O2/c1-9-4-12-13(17-8-16-12)5-10(9)6-15-11-2-3-14-7-11/h4-5,11,14-15H,2-3,6-8H2,1H3. The van der Waals surface area contributed by atoms with E-state index in [1.165, 1.54) is 17.5 Å². The molecule has 0 spiro atoms. The average molecular weight is 234 g/mol. The first-order valence-corrected chi connectivity index (χ1v) is 6.16. The van der Waals surface area contributed by atoms with E-state index < -0.39 is 0 Å². The summed E-state index contributed by atoms with van der Waals surface area (Å²) >= 11 is 0. The number of fused-ring (bicyclic) bond motifs is 1. The smallest absolute Gasteiger partial charge is 0.231 e. The molecule has 17 heavy (non-hydrogen) atoms. The van der Waals surface area contributed by atoms with Gasteiger partial charge in [-0.05, 0) is 43.1 Å². The van der Waals surface area contributed by atoms with Crippen molar-refractivity contribution in [3.05, 3.63) is 23.3 Å². The molecule has 0 aromatic heterocycles. The minimum Gasteiger partial charge on any atom is -0.454 e. The van der Waals surface area contributed by atoms with E-state index >= 15 is 0 Å². The second kappa shape index (κ2) is 4.55. The first-order valence-electron chi connectivity index (χ1n) is 6.16. The van der Waals surface area contributed by atoms with Crippen LogP contribution in [0.15, 0.2) is 12.1 Å². The Morgan fingerprint density at radius 2 is 2.18 bits per heavy atom. The van der Waals surface area contributed by atoms with Gasteiger partial charge in [-0.2, -0.15) is 0 Å². The fourth-order valence-electron chi connectivity index (χ4n) is 2.36. The molecular weight excluding hydrogens is 216 g/mol. The molecule has 1 aromatic carbocycles. The summed E-state index contributed by atoms with van der Waals surface area (Å²) < 4.78 is 10.8. The van der Waals surface area contributed by atoms with E-state index in [0.29, 0.717) is 12.8 Å². The van der Waals surface area contributed by atoms with Crippen LogP contribution >= 0.6 is 0 Å². The lowest BCUT2D eigenvalue weighted by molar-refractivity contribution is 0.174. The van der Waals surface area contributed by atoms with Crippen LogP contribution in [0.4, 0.5) is 0 Å². The van der Waals surface area contributed by atoms with E-state index in [2.05, 4.69) is 29.7 Å². The van der Waals surface area contributed by atoms with Crippen LogP contribution in [0, 0.1) is 6.92 Å². The fourth-order valence-corrected chi connectivity index (χ4v) is 2.36. The van der Waals surface area contributed by atoms with Crippen LogP contribution in [0.25, 0.3) is 0 Å². The van der Waals surface area contributed by atoms with Crippen LogP contribution in [0.2, 0.25) is 0 Å². The summed E-state index contributed by atoms with van der Waals surface area (Å²) in [6.07, 6.45) is 1.21. The average Bonchev–Trinajstić information content (AvgIpc) is 2.95. The van der Waals surface area contributed by atoms with Crippen LogP contribution in [0.3, 0.4) is 0 Å². The summed E-state index contributed by atoms with van der Waals surface area (Å²) in [5, 5.41) is 6.93. The van der Waals surface area contributed by atoms with Gasteiger partial charge in [0.05, 0.1) is 0 Å². The molecule has 1 fully saturated rings. The summed E-state index contributed by atoms with van der Waals surface area (Å²) in [6.45, 7) is 5.56. The SMILES string of the molecule is Cc1cc2c(cc1CNC1CCNC1)OCO2. The van der Waals surface area contributed by atoms with Gasteiger partial charge >= 0.3 is 0 Å². The highest BCUT2D eigenvalue weighted by Gasteiger charge is 2.17. The molecule has 1 atom stereocenters. The molecule has 2 aliphatic rings. The Morgan fingerprint density at radius 1 is 1.35 bits per heavy atom. The van der Waals surface area contributed by atoms with E-state index in [4.69, 9.17) is 9.47 Å². The predicted octanol–water partition coefficient (Wildman–Crippen LogP) is 1.18. The van der Waals surface area contributed by atoms with Crippen molar-refractivity contribution in [1.82, 2.24) is 10.6 Å². The third-order valence-corrected chi connectivity index (χ3v) is 3.47. The number of aryl methyl sites for hydroxylation is 1. The number of ether oxygens (including phenoxy) is 2. The molecule has 0 radical (unpaired) electrons. The number of rotatable bonds is 3. The Labute approximate surface area is 101 Å². The van der Waals surface area contributed by atoms with Gasteiger partial charge in [0.15, 0.2) is 11.5 Å². The van der Waals surface area contributed by atoms with Crippen molar-refractivity contribution in [3.63, 3.8) is 0 Å². The maximum Gasteiger partial charge on any atom is 0.231 e. The third-order valence-electron chi connectivity index (χ3n) is 3.47. The summed E-state index contributed by atoms with van der Waals surface area (Å²) in [5.74, 6) is 1.74. The Morgan fingerprint density at radius 3 is 2.94 bits per heavy atom. The summed E-state index contributed by atoms with van der Waals surface area (Å²) in [5.41, 5.74) is 2.55. The normalized spacial score (nSPS) is 22.1. The second-order valence-corrected chi connectivity index (χ2v) is 4.70. The molecule has 0 amide bonds. The molecule has 4 nitrogen and oxygen atoms in total. The Kier molecular flexibility index (Phi) is 2.91. The maximum atomic E-state index is 5.40. The molecule has 3 rings (SSSR count). The first-order chi connectivity index (χ1) is 8.33. The molecular formula is C13H18N2O2. The monoisotopic (exact) mass is 234 g/mol. The predicted molar refractivity (Wildman–Crippen MR) is 65.4 cm³/mol. The highest BCUT2D eigenvalue weighted by molar-refractivity contribution is 5.48. The van der Waals surface area contributed by atoms with E-state index in [0.717, 1.165) is 31.1 Å². The topological polar surface area (TPSA) is 42.5 Å². The van der Waals surface area contributed by atoms with Gasteiger partial charge < -0.3 is 20.1 Å². The zero-order valence-corrected chi connectivity index (χ0v) is 10.1. The quantitative estimate of drug-likeness (QED) is 0.824. The van der Waals surface area contributed by atoms with Gasteiger partial charge in [0.1, 0.15) is 0 Å². The van der Waals surface area contributed by atoms with Crippen molar-refractivity contribution >= 4 is 0 Å². The molecule has 1 unspecified atom stereocenters. The van der Waals surface area contributed by atoms with Crippen LogP contribution in [0.5, 0.6) is 11.5 Å². The zero-order valence-electron chi connectivity index (χ0n) is 10.1. The number of hydrogen-bond donors (Lipinski definition) is 2. The first kappa shape index (κ1) is 10.9. The fraction of sp³-hybridized carbons (Fsp3) is 0.538. The van der Waals surface area contributed by atoms with Crippen molar-refractivity contribution in [2.75, 3.05) is 19.9 Å². The minimum absolute atomic E-state index is 0.345. The molecule has 2 N–H and O–H groups in total. The lowest BCUT2D eigenvalue weighted by atomic mass is 10.1. The Balaban J connectivity index is 1.69. The lowest BCUT2D eigenvalue weighted by Gasteiger charge is -2.13. The second-order valence-electron chi connectivity index (χ2n) is 4.70. The van der Waals surface area contributed by atoms with Crippen LogP contribution in [-0.4, -0.2) is 25.9 Å². The van der Waals surface area contributed by atoms with E-state index in [9.17, 15) is 0 Å². The highest BCUT2D eigenvalue weighted by Crippen LogP contribution is 2.34. The molecule has 0 aliphatic carbocycles. The largest absolute Gasteiger partial charge is 0.454 e. The van der Waals surface area contributed by atoms with Crippen molar-refractivity contribution in [1.29, 1.82) is 0 Å². The van der Waals surface area contributed by atoms with Crippen LogP contribution < -0.4 is 20.1 Å². The molecule has 2 aliphatic heterocycles. The molecule has 0 saturated carbocycles. The Bertz CT molecular complexity index is 414. The van der Waals surface area contributed by atoms with Gasteiger partial charge in [0.25, 0.3) is 0 Å². The lowest BCUT2D eigenvalue weighted by Crippen LogP contribution is -2.30. The van der Waals surface area contributed by atoms with E-state index in [1.54, 1.807) is 0 Å². The Hall–Kier alpha value is -1.26. The van der Waals surface area contributed by atoms with Crippen molar-refractivity contribution in [2.24, 2.45) is 0 Å². The molecule has 4 heteroatoms. The maximum absolute atomic E-state index is 5.40. The number of benzene rings is 1. The van der Waals surface area contributed by atoms with Gasteiger partial charge in [-0.15, -0.1) is 0 Å². The van der Waals surface area contributed by atoms with Crippen molar-refractivity contribution in [3.8, 4) is 11.5 Å². The van der Waals surface area contributed by atoms with Crippen LogP contribution in [0.1, 0.15) is 17.5 Å². The summed E-state index contributed by atoms with van der Waals surface area (Å²) in [6, 6.07) is 4.75. The van der Waals surface area contributed by atoms with Crippen molar-refractivity contribution < 1.29 is 9.47 Å². The summed E-state index contributed by atoms with van der Waals surface area (Å²) in [7, 11) is 0. The molecule has 1 aromatic rings. The van der Waals surface area contributed by atoms with Gasteiger partial charge in [0.2, 0.25) is 6.79 Å². The molecule has 92 valence electrons. The number of nitrogens with one attached hydrogen (secondary N) is 2. The highest BCUT2D eigenvalue weighted by atomic mass is 16.7. The minimum atomic E-state index is 0.345. The molecule has 1 saturated heterocycles. The molecule has 2 heterocycles. The summed E-state index contributed by atoms with van der Waals surface area (Å²) in [4.78, 5) is 0. The van der Waals surface area contributed by atoms with Gasteiger partial charge in [0, 0.05) is 19.1 Å². The third kappa shape index (κ3) is 2.23. The van der Waals surface area contributed by atoms with E-state index in [-0.39, 0.29) is 0 Å². The van der Waals surface area contributed by atoms with Crippen molar-refractivity contribution in [2.45, 2.75) is 25.9 Å². The number of hydrogen-bond acceptors (Lipinski definition) is 4. The molecule has 0 bridgehead atoms. The van der Waals surface area contributed by atoms with Crippen LogP contribution in [-0.2, 0) is 6.54 Å². The zero-order chi connectivity index (χ0) is 11.7. The van der Waals surface area contributed by atoms with Gasteiger partial charge in [-0.25, -0.2) is 0 Å².